The molecule has 0 amide bonds. The fourth-order valence-electron chi connectivity index (χ4n) is 1.73. The van der Waals surface area contributed by atoms with E-state index in [1.54, 1.807) is 0 Å². The zero-order chi connectivity index (χ0) is 13.4. The molecule has 0 saturated heterocycles. The van der Waals surface area contributed by atoms with E-state index in [1.807, 2.05) is 31.3 Å². The topological polar surface area (TPSA) is 53.3 Å². The van der Waals surface area contributed by atoms with Gasteiger partial charge in [-0.25, -0.2) is 0 Å². The summed E-state index contributed by atoms with van der Waals surface area (Å²) in [5.74, 6) is -0.180. The van der Waals surface area contributed by atoms with Gasteiger partial charge in [0.25, 0.3) is 0 Å². The quantitative estimate of drug-likeness (QED) is 0.720. The van der Waals surface area contributed by atoms with Crippen LogP contribution in [0, 0.1) is 11.3 Å². The fourth-order valence-corrected chi connectivity index (χ4v) is 1.73. The molecule has 0 N–H and O–H groups in total. The highest BCUT2D eigenvalue weighted by atomic mass is 16.5. The average molecular weight is 246 g/mol. The first kappa shape index (κ1) is 14.2. The third-order valence-electron chi connectivity index (χ3n) is 2.73. The Morgan fingerprint density at radius 2 is 2.17 bits per heavy atom. The summed E-state index contributed by atoms with van der Waals surface area (Å²) < 4.78 is 4.59. The van der Waals surface area contributed by atoms with Gasteiger partial charge in [0, 0.05) is 13.0 Å². The van der Waals surface area contributed by atoms with Crippen molar-refractivity contribution in [2.45, 2.75) is 19.4 Å². The minimum Gasteiger partial charge on any atom is -0.469 e. The maximum atomic E-state index is 11.0. The summed E-state index contributed by atoms with van der Waals surface area (Å²) in [7, 11) is 3.38. The Morgan fingerprint density at radius 1 is 1.44 bits per heavy atom. The van der Waals surface area contributed by atoms with Crippen LogP contribution < -0.4 is 0 Å². The Morgan fingerprint density at radius 3 is 2.83 bits per heavy atom. The standard InChI is InChI=1S/C14H18N2O2/c1-16(9-5-8-14(17)18-2)11-13-7-4-3-6-12(13)10-15/h3-4,6-7H,5,8-9,11H2,1-2H3. The molecule has 0 aromatic heterocycles. The third kappa shape index (κ3) is 4.56. The summed E-state index contributed by atoms with van der Waals surface area (Å²) in [6.45, 7) is 1.51. The lowest BCUT2D eigenvalue weighted by Crippen LogP contribution is -2.20. The zero-order valence-corrected chi connectivity index (χ0v) is 10.8. The summed E-state index contributed by atoms with van der Waals surface area (Å²) in [4.78, 5) is 13.1. The van der Waals surface area contributed by atoms with Crippen LogP contribution in [0.5, 0.6) is 0 Å². The van der Waals surface area contributed by atoms with Crippen molar-refractivity contribution in [1.29, 1.82) is 5.26 Å². The van der Waals surface area contributed by atoms with Crippen molar-refractivity contribution in [3.05, 3.63) is 35.4 Å². The Kier molecular flexibility index (Phi) is 5.89. The van der Waals surface area contributed by atoms with Gasteiger partial charge in [-0.1, -0.05) is 18.2 Å². The molecule has 0 radical (unpaired) electrons. The van der Waals surface area contributed by atoms with Crippen molar-refractivity contribution in [2.75, 3.05) is 20.7 Å². The van der Waals surface area contributed by atoms with Gasteiger partial charge in [-0.05, 0) is 31.6 Å². The first-order chi connectivity index (χ1) is 8.67. The van der Waals surface area contributed by atoms with Gasteiger partial charge in [0.05, 0.1) is 18.7 Å². The van der Waals surface area contributed by atoms with Crippen LogP contribution in [0.4, 0.5) is 0 Å². The molecule has 0 spiro atoms. The number of nitrogens with zero attached hydrogens (tertiary/aromatic N) is 2. The Balaban J connectivity index is 2.42. The molecule has 18 heavy (non-hydrogen) atoms. The second kappa shape index (κ2) is 7.46. The van der Waals surface area contributed by atoms with Gasteiger partial charge < -0.3 is 9.64 Å². The van der Waals surface area contributed by atoms with Crippen LogP contribution >= 0.6 is 0 Å². The number of carbonyl (C=O) groups excluding carboxylic acids is 1. The molecule has 0 aliphatic carbocycles. The summed E-state index contributed by atoms with van der Waals surface area (Å²) >= 11 is 0. The lowest BCUT2D eigenvalue weighted by Gasteiger charge is -2.16. The van der Waals surface area contributed by atoms with Gasteiger partial charge in [0.2, 0.25) is 0 Å². The normalized spacial score (nSPS) is 10.1. The second-order valence-electron chi connectivity index (χ2n) is 4.19. The number of hydrogen-bond acceptors (Lipinski definition) is 4. The van der Waals surface area contributed by atoms with Gasteiger partial charge in [-0.3, -0.25) is 4.79 Å². The molecular weight excluding hydrogens is 228 g/mol. The van der Waals surface area contributed by atoms with Crippen LogP contribution in [0.15, 0.2) is 24.3 Å². The largest absolute Gasteiger partial charge is 0.469 e. The predicted molar refractivity (Wildman–Crippen MR) is 68.7 cm³/mol. The fraction of sp³-hybridized carbons (Fsp3) is 0.429. The zero-order valence-electron chi connectivity index (χ0n) is 10.8. The van der Waals surface area contributed by atoms with E-state index in [4.69, 9.17) is 5.26 Å². The molecule has 0 unspecified atom stereocenters. The second-order valence-corrected chi connectivity index (χ2v) is 4.19. The van der Waals surface area contributed by atoms with Gasteiger partial charge in [0.15, 0.2) is 0 Å². The van der Waals surface area contributed by atoms with Gasteiger partial charge in [-0.15, -0.1) is 0 Å². The van der Waals surface area contributed by atoms with Gasteiger partial charge in [-0.2, -0.15) is 5.26 Å². The van der Waals surface area contributed by atoms with Crippen LogP contribution in [0.2, 0.25) is 0 Å². The highest BCUT2D eigenvalue weighted by Gasteiger charge is 2.06. The molecule has 0 aliphatic heterocycles. The molecule has 0 fully saturated rings. The molecule has 0 saturated carbocycles. The monoisotopic (exact) mass is 246 g/mol. The first-order valence-electron chi connectivity index (χ1n) is 5.90. The number of benzene rings is 1. The van der Waals surface area contributed by atoms with Crippen LogP contribution in [0.25, 0.3) is 0 Å². The van der Waals surface area contributed by atoms with E-state index in [1.165, 1.54) is 7.11 Å². The molecule has 4 heteroatoms. The van der Waals surface area contributed by atoms with Crippen LogP contribution in [-0.4, -0.2) is 31.6 Å². The van der Waals surface area contributed by atoms with Crippen molar-refractivity contribution in [3.63, 3.8) is 0 Å². The van der Waals surface area contributed by atoms with Crippen molar-refractivity contribution in [3.8, 4) is 6.07 Å². The van der Waals surface area contributed by atoms with Gasteiger partial charge >= 0.3 is 5.97 Å². The Labute approximate surface area is 108 Å². The van der Waals surface area contributed by atoms with Crippen LogP contribution in [-0.2, 0) is 16.1 Å². The molecule has 0 bridgehead atoms. The maximum Gasteiger partial charge on any atom is 0.305 e. The molecule has 0 aliphatic rings. The molecule has 0 heterocycles. The molecule has 4 nitrogen and oxygen atoms in total. The van der Waals surface area contributed by atoms with E-state index >= 15 is 0 Å². The summed E-state index contributed by atoms with van der Waals surface area (Å²) in [5.41, 5.74) is 1.72. The smallest absolute Gasteiger partial charge is 0.305 e. The Bertz CT molecular complexity index is 438. The minimum absolute atomic E-state index is 0.180. The highest BCUT2D eigenvalue weighted by molar-refractivity contribution is 5.69. The molecule has 1 aromatic rings. The van der Waals surface area contributed by atoms with Gasteiger partial charge in [0.1, 0.15) is 0 Å². The molecule has 1 rings (SSSR count). The van der Waals surface area contributed by atoms with Crippen molar-refractivity contribution < 1.29 is 9.53 Å². The van der Waals surface area contributed by atoms with E-state index < -0.39 is 0 Å². The molecule has 0 atom stereocenters. The number of esters is 1. The molecule has 96 valence electrons. The number of ether oxygens (including phenoxy) is 1. The maximum absolute atomic E-state index is 11.0. The van der Waals surface area contributed by atoms with E-state index in [-0.39, 0.29) is 5.97 Å². The lowest BCUT2D eigenvalue weighted by molar-refractivity contribution is -0.140. The summed E-state index contributed by atoms with van der Waals surface area (Å²) in [6, 6.07) is 9.74. The van der Waals surface area contributed by atoms with E-state index in [0.29, 0.717) is 18.5 Å². The number of hydrogen-bond donors (Lipinski definition) is 0. The van der Waals surface area contributed by atoms with Crippen molar-refractivity contribution in [1.82, 2.24) is 4.90 Å². The summed E-state index contributed by atoms with van der Waals surface area (Å²) in [6.07, 6.45) is 1.19. The van der Waals surface area contributed by atoms with Crippen LogP contribution in [0.1, 0.15) is 24.0 Å². The number of rotatable bonds is 6. The highest BCUT2D eigenvalue weighted by Crippen LogP contribution is 2.10. The SMILES string of the molecule is COC(=O)CCCN(C)Cc1ccccc1C#N. The van der Waals surface area contributed by atoms with E-state index in [9.17, 15) is 4.79 Å². The number of nitriles is 1. The van der Waals surface area contributed by atoms with E-state index in [2.05, 4.69) is 15.7 Å². The Hall–Kier alpha value is -1.86. The third-order valence-corrected chi connectivity index (χ3v) is 2.73. The minimum atomic E-state index is -0.180. The van der Waals surface area contributed by atoms with Crippen LogP contribution in [0.3, 0.4) is 0 Å². The number of methoxy groups -OCH3 is 1. The van der Waals surface area contributed by atoms with Crippen molar-refractivity contribution in [2.24, 2.45) is 0 Å². The lowest BCUT2D eigenvalue weighted by atomic mass is 10.1. The van der Waals surface area contributed by atoms with Crippen molar-refractivity contribution >= 4 is 5.97 Å². The first-order valence-corrected chi connectivity index (χ1v) is 5.90. The molecule has 1 aromatic carbocycles. The summed E-state index contributed by atoms with van der Waals surface area (Å²) in [5, 5.41) is 8.98. The predicted octanol–water partition coefficient (Wildman–Crippen LogP) is 1.94. The average Bonchev–Trinajstić information content (AvgIpc) is 2.39. The number of carbonyl (C=O) groups is 1. The van der Waals surface area contributed by atoms with E-state index in [0.717, 1.165) is 18.5 Å². The molecular formula is C14H18N2O2.